The van der Waals surface area contributed by atoms with Crippen molar-refractivity contribution in [2.75, 3.05) is 0 Å². The number of benzene rings is 6. The molecule has 4 aliphatic heterocycles. The number of carbonyl (C=O) groups is 4. The molecule has 0 saturated heterocycles. The van der Waals surface area contributed by atoms with Crippen LogP contribution < -0.4 is 20.1 Å². The molecule has 0 aliphatic carbocycles. The maximum atomic E-state index is 13.1. The Balaban J connectivity index is 0.000000124. The summed E-state index contributed by atoms with van der Waals surface area (Å²) in [5, 5.41) is 32.6. The number of thiophene rings is 4. The fourth-order valence-electron chi connectivity index (χ4n) is 12.0. The second kappa shape index (κ2) is 26.1. The number of aromatic hydroxyl groups is 2. The topological polar surface area (TPSA) is 302 Å². The lowest BCUT2D eigenvalue weighted by atomic mass is 10.0. The van der Waals surface area contributed by atoms with Crippen molar-refractivity contribution < 1.29 is 55.7 Å². The number of sulfone groups is 2. The Morgan fingerprint density at radius 3 is 1.20 bits per heavy atom. The standard InChI is InChI=1S/C30H20N2O6S2.C30H16N2O4S4.C16H10N4O2/c33-29-25-26(28(32-29)20-13-17-24(18-14-20)40(37,38)22-9-5-2-6-10-22)30(34)31-27(25)19-11-15-23(16-12-19)39(35,36)21-7-3-1-4-8-21;33-29-25-26(28(32-29)16-3-7-18(8-4-16)36-24-14-22-20(40-24)10-12-38-22)30(34)31-27(25)15-1-5-17(6-2-15)35-23-13-21-19(39-23)9-11-37-21;21-15-11-12(14(20-15)10-4-2-6-18-8-10)16(22)19-13(11)9-3-1-5-17-7-9/h1-18,31,34H;1-14H,(H,31,34)(H,32,33);1-8,19,22H. The third-order valence-electron chi connectivity index (χ3n) is 16.8. The molecule has 0 bridgehead atoms. The zero-order chi connectivity index (χ0) is 70.0. The van der Waals surface area contributed by atoms with E-state index in [0.29, 0.717) is 79.0 Å². The highest BCUT2D eigenvalue weighted by atomic mass is 32.2. The van der Waals surface area contributed by atoms with Gasteiger partial charge in [0.25, 0.3) is 23.6 Å². The van der Waals surface area contributed by atoms with Gasteiger partial charge in [-0.25, -0.2) is 26.8 Å². The molecular formula is C76H46N8O12S6. The maximum absolute atomic E-state index is 13.1. The summed E-state index contributed by atoms with van der Waals surface area (Å²) in [4.78, 5) is 73.8. The Morgan fingerprint density at radius 2 is 0.775 bits per heavy atom. The van der Waals surface area contributed by atoms with Gasteiger partial charge in [0.15, 0.2) is 21.9 Å². The minimum absolute atomic E-state index is 0.0807. The third-order valence-corrected chi connectivity index (χ3v) is 24.3. The number of hydrogen-bond acceptors (Lipinski definition) is 18. The summed E-state index contributed by atoms with van der Waals surface area (Å²) in [7, 11) is -7.45. The third kappa shape index (κ3) is 11.9. The predicted molar refractivity (Wildman–Crippen MR) is 391 cm³/mol. The molecule has 0 radical (unpaired) electrons. The molecule has 0 spiro atoms. The molecule has 0 unspecified atom stereocenters. The van der Waals surface area contributed by atoms with E-state index in [0.717, 1.165) is 26.8 Å². The van der Waals surface area contributed by atoms with E-state index in [1.807, 2.05) is 66.7 Å². The molecule has 0 atom stereocenters. The molecule has 4 amide bonds. The molecule has 4 aliphatic rings. The summed E-state index contributed by atoms with van der Waals surface area (Å²) in [6.45, 7) is 0. The number of aromatic nitrogens is 4. The van der Waals surface area contributed by atoms with Crippen LogP contribution in [0.5, 0.6) is 33.4 Å². The Labute approximate surface area is 595 Å². The number of rotatable bonds is 14. The van der Waals surface area contributed by atoms with E-state index in [1.54, 1.807) is 137 Å². The second-order valence-electron chi connectivity index (χ2n) is 23.0. The van der Waals surface area contributed by atoms with Gasteiger partial charge in [-0.3, -0.25) is 29.1 Å². The summed E-state index contributed by atoms with van der Waals surface area (Å²) in [5.41, 5.74) is 8.05. The summed E-state index contributed by atoms with van der Waals surface area (Å²) in [6, 6.07) is 58.1. The van der Waals surface area contributed by atoms with Crippen LogP contribution in [0.15, 0.2) is 283 Å². The average molecular weight is 1460 g/mol. The summed E-state index contributed by atoms with van der Waals surface area (Å²) >= 11 is 6.56. The van der Waals surface area contributed by atoms with Crippen molar-refractivity contribution in [2.24, 2.45) is 9.98 Å². The molecule has 14 aromatic rings. The lowest BCUT2D eigenvalue weighted by molar-refractivity contribution is -0.117. The molecule has 0 saturated carbocycles. The maximum Gasteiger partial charge on any atom is 0.280 e. The smallest absolute Gasteiger partial charge is 0.280 e. The van der Waals surface area contributed by atoms with Gasteiger partial charge in [0.1, 0.15) is 11.5 Å². The molecule has 102 heavy (non-hydrogen) atoms. The van der Waals surface area contributed by atoms with Crippen LogP contribution in [0.25, 0.3) is 52.7 Å². The second-order valence-corrected chi connectivity index (χ2v) is 30.9. The number of fused-ring (bicyclic) bond motifs is 5. The molecular weight excluding hydrogens is 1410 g/mol. The van der Waals surface area contributed by atoms with Crippen LogP contribution in [-0.2, 0) is 29.3 Å². The predicted octanol–water partition coefficient (Wildman–Crippen LogP) is 15.4. The highest BCUT2D eigenvalue weighted by molar-refractivity contribution is 7.91. The lowest BCUT2D eigenvalue weighted by Gasteiger charge is -2.09. The van der Waals surface area contributed by atoms with Crippen LogP contribution in [0.4, 0.5) is 0 Å². The number of aliphatic imine (C=N–C) groups is 2. The van der Waals surface area contributed by atoms with E-state index in [2.05, 4.69) is 63.4 Å². The van der Waals surface area contributed by atoms with Crippen LogP contribution in [0.3, 0.4) is 0 Å². The Kier molecular flexibility index (Phi) is 16.5. The van der Waals surface area contributed by atoms with Crippen molar-refractivity contribution in [3.63, 3.8) is 0 Å². The molecule has 26 heteroatoms. The molecule has 18 rings (SSSR count). The number of carbonyl (C=O) groups excluding carboxylic acids is 4. The van der Waals surface area contributed by atoms with E-state index in [4.69, 9.17) is 9.47 Å². The normalized spacial score (nSPS) is 13.8. The van der Waals surface area contributed by atoms with Crippen LogP contribution in [0.2, 0.25) is 0 Å². The van der Waals surface area contributed by atoms with E-state index >= 15 is 0 Å². The number of hydrogen-bond donors (Lipinski definition) is 6. The van der Waals surface area contributed by atoms with E-state index in [1.165, 1.54) is 79.5 Å². The van der Waals surface area contributed by atoms with Gasteiger partial charge in [-0.2, -0.15) is 0 Å². The van der Waals surface area contributed by atoms with Crippen molar-refractivity contribution in [1.82, 2.24) is 30.6 Å². The number of pyridine rings is 2. The van der Waals surface area contributed by atoms with E-state index in [9.17, 15) is 46.2 Å². The largest absolute Gasteiger partial charge is 0.494 e. The number of ether oxygens (including phenoxy) is 2. The van der Waals surface area contributed by atoms with Crippen LogP contribution in [0.1, 0.15) is 54.1 Å². The highest BCUT2D eigenvalue weighted by Crippen LogP contribution is 2.44. The van der Waals surface area contributed by atoms with Crippen LogP contribution in [-0.4, -0.2) is 82.0 Å². The Bertz CT molecular complexity index is 5890. The van der Waals surface area contributed by atoms with Gasteiger partial charge in [0.2, 0.25) is 19.7 Å². The first-order chi connectivity index (χ1) is 49.5. The van der Waals surface area contributed by atoms with Gasteiger partial charge >= 0.3 is 0 Å². The van der Waals surface area contributed by atoms with Gasteiger partial charge in [-0.15, -0.1) is 22.7 Å². The molecule has 6 aromatic carbocycles. The van der Waals surface area contributed by atoms with Crippen molar-refractivity contribution in [3.05, 3.63) is 297 Å². The fraction of sp³-hybridized carbons (Fsp3) is 0. The first-order valence-electron chi connectivity index (χ1n) is 30.9. The minimum Gasteiger partial charge on any atom is -0.494 e. The Hall–Kier alpha value is -12.3. The van der Waals surface area contributed by atoms with Crippen molar-refractivity contribution in [2.45, 2.75) is 19.6 Å². The highest BCUT2D eigenvalue weighted by Gasteiger charge is 2.41. The lowest BCUT2D eigenvalue weighted by Crippen LogP contribution is -2.21. The van der Waals surface area contributed by atoms with Crippen LogP contribution in [0, 0.1) is 0 Å². The zero-order valence-corrected chi connectivity index (χ0v) is 57.2. The van der Waals surface area contributed by atoms with Crippen molar-refractivity contribution >= 4 is 130 Å². The molecule has 498 valence electrons. The van der Waals surface area contributed by atoms with E-state index < -0.39 is 25.6 Å². The van der Waals surface area contributed by atoms with Gasteiger partial charge in [-0.05, 0) is 161 Å². The molecule has 20 nitrogen and oxygen atoms in total. The van der Waals surface area contributed by atoms with Crippen LogP contribution >= 0.6 is 45.3 Å². The van der Waals surface area contributed by atoms with Gasteiger partial charge in [0, 0.05) is 72.4 Å². The SMILES string of the molecule is O=C1N=C(c2ccc(S(=O)(=O)c3ccccc3)cc2)c2c(O)[nH]c(-c3ccc(S(=O)(=O)c4ccccc4)cc3)c21.O=C1N=C(c2cccnc2)c2c(O)[nH]c(-c3cccnc3)c21.O=C1NC(c2ccc(Oc3cc4sccc4s3)cc2)=C2C(=O)NC(c3ccc(Oc4cc5sccc5s4)cc3)=C12. The van der Waals surface area contributed by atoms with Crippen molar-refractivity contribution in [3.8, 4) is 55.9 Å². The quantitative estimate of drug-likeness (QED) is 0.0590. The summed E-state index contributed by atoms with van der Waals surface area (Å²) < 4.78 is 68.6. The minimum atomic E-state index is -3.73. The number of nitrogens with one attached hydrogen (secondary N) is 4. The number of aromatic amines is 2. The summed E-state index contributed by atoms with van der Waals surface area (Å²) in [5.74, 6) is -0.580. The monoisotopic (exact) mass is 1450 g/mol. The Morgan fingerprint density at radius 1 is 0.382 bits per heavy atom. The number of amides is 4. The van der Waals surface area contributed by atoms with Gasteiger partial charge < -0.3 is 40.3 Å². The fourth-order valence-corrected chi connectivity index (χ4v) is 18.5. The van der Waals surface area contributed by atoms with Crippen molar-refractivity contribution in [1.29, 1.82) is 0 Å². The first kappa shape index (κ1) is 64.4. The molecule has 0 fully saturated rings. The van der Waals surface area contributed by atoms with Gasteiger partial charge in [-0.1, -0.05) is 83.3 Å². The molecule has 12 heterocycles. The first-order valence-corrected chi connectivity index (χ1v) is 37.3. The summed E-state index contributed by atoms with van der Waals surface area (Å²) in [6.07, 6.45) is 6.52. The average Bonchev–Trinajstić information content (AvgIpc) is 1.60. The van der Waals surface area contributed by atoms with Gasteiger partial charge in [0.05, 0.1) is 87.2 Å². The number of H-pyrrole nitrogens is 2. The number of nitrogens with zero attached hydrogens (tertiary/aromatic N) is 4. The van der Waals surface area contributed by atoms with E-state index in [-0.39, 0.29) is 65.9 Å². The molecule has 8 aromatic heterocycles. The molecule has 6 N–H and O–H groups in total. The zero-order valence-electron chi connectivity index (χ0n) is 52.3.